The minimum absolute atomic E-state index is 0.0502. The Labute approximate surface area is 139 Å². The molecule has 4 rings (SSSR count). The maximum absolute atomic E-state index is 12.6. The zero-order chi connectivity index (χ0) is 17.0. The molecule has 0 radical (unpaired) electrons. The van der Waals surface area contributed by atoms with E-state index in [9.17, 15) is 4.79 Å². The molecule has 0 unspecified atom stereocenters. The number of rotatable bonds is 2. The number of aromatic nitrogens is 3. The van der Waals surface area contributed by atoms with Crippen LogP contribution in [0, 0.1) is 13.8 Å². The molecule has 0 saturated heterocycles. The summed E-state index contributed by atoms with van der Waals surface area (Å²) in [7, 11) is 3.70. The Kier molecular flexibility index (Phi) is 3.09. The molecular weight excluding hydrogens is 304 g/mol. The Hall–Kier alpha value is -2.89. The number of amides is 1. The van der Waals surface area contributed by atoms with Crippen LogP contribution in [0.15, 0.2) is 29.0 Å². The van der Waals surface area contributed by atoms with E-state index in [2.05, 4.69) is 16.3 Å². The summed E-state index contributed by atoms with van der Waals surface area (Å²) in [6.45, 7) is 4.45. The van der Waals surface area contributed by atoms with Crippen molar-refractivity contribution in [1.82, 2.24) is 19.8 Å². The van der Waals surface area contributed by atoms with Crippen molar-refractivity contribution in [3.05, 3.63) is 47.1 Å². The summed E-state index contributed by atoms with van der Waals surface area (Å²) in [5.41, 5.74) is 6.50. The van der Waals surface area contributed by atoms with Crippen molar-refractivity contribution in [2.45, 2.75) is 20.4 Å². The van der Waals surface area contributed by atoms with Gasteiger partial charge in [-0.15, -0.1) is 0 Å². The summed E-state index contributed by atoms with van der Waals surface area (Å²) >= 11 is 0. The molecule has 0 atom stereocenters. The maximum Gasteiger partial charge on any atom is 0.254 e. The van der Waals surface area contributed by atoms with Crippen LogP contribution in [0.25, 0.3) is 22.3 Å². The Morgan fingerprint density at radius 2 is 1.92 bits per heavy atom. The average molecular weight is 322 g/mol. The van der Waals surface area contributed by atoms with Crippen LogP contribution in [0.2, 0.25) is 0 Å². The summed E-state index contributed by atoms with van der Waals surface area (Å²) in [5.74, 6) is 0.830. The number of carbonyl (C=O) groups is 1. The topological polar surface area (TPSA) is 64.2 Å². The zero-order valence-corrected chi connectivity index (χ0v) is 14.1. The smallest absolute Gasteiger partial charge is 0.254 e. The van der Waals surface area contributed by atoms with Gasteiger partial charge in [-0.2, -0.15) is 5.10 Å². The standard InChI is InChI=1S/C18H18N4O2/c1-10-16(11(2)24-20-10)12-5-13-8-21(3)18(23)17(13)15(6-12)14-7-19-22(4)9-14/h5-7,9H,8H2,1-4H3. The van der Waals surface area contributed by atoms with Gasteiger partial charge in [-0.05, 0) is 42.7 Å². The van der Waals surface area contributed by atoms with Crippen molar-refractivity contribution in [2.75, 3.05) is 7.05 Å². The highest BCUT2D eigenvalue weighted by Gasteiger charge is 2.30. The van der Waals surface area contributed by atoms with Crippen LogP contribution >= 0.6 is 0 Å². The van der Waals surface area contributed by atoms with Crippen LogP contribution in [0.4, 0.5) is 0 Å². The fourth-order valence-electron chi connectivity index (χ4n) is 3.43. The van der Waals surface area contributed by atoms with Crippen molar-refractivity contribution in [1.29, 1.82) is 0 Å². The first-order valence-corrected chi connectivity index (χ1v) is 7.80. The van der Waals surface area contributed by atoms with E-state index in [-0.39, 0.29) is 5.91 Å². The van der Waals surface area contributed by atoms with Gasteiger partial charge in [0.2, 0.25) is 0 Å². The minimum atomic E-state index is 0.0502. The molecule has 0 bridgehead atoms. The number of benzene rings is 1. The number of aryl methyl sites for hydroxylation is 3. The van der Waals surface area contributed by atoms with E-state index >= 15 is 0 Å². The van der Waals surface area contributed by atoms with Crippen LogP contribution in [-0.2, 0) is 13.6 Å². The summed E-state index contributed by atoms with van der Waals surface area (Å²) in [6, 6.07) is 4.11. The van der Waals surface area contributed by atoms with Gasteiger partial charge < -0.3 is 9.42 Å². The molecule has 24 heavy (non-hydrogen) atoms. The van der Waals surface area contributed by atoms with Crippen molar-refractivity contribution in [2.24, 2.45) is 7.05 Å². The van der Waals surface area contributed by atoms with Crippen molar-refractivity contribution < 1.29 is 9.32 Å². The first kappa shape index (κ1) is 14.7. The highest BCUT2D eigenvalue weighted by Crippen LogP contribution is 2.38. The zero-order valence-electron chi connectivity index (χ0n) is 14.1. The van der Waals surface area contributed by atoms with Crippen molar-refractivity contribution in [3.8, 4) is 22.3 Å². The van der Waals surface area contributed by atoms with Gasteiger partial charge in [-0.3, -0.25) is 9.48 Å². The fourth-order valence-corrected chi connectivity index (χ4v) is 3.43. The second-order valence-corrected chi connectivity index (χ2v) is 6.32. The monoisotopic (exact) mass is 322 g/mol. The second-order valence-electron chi connectivity index (χ2n) is 6.32. The summed E-state index contributed by atoms with van der Waals surface area (Å²) in [4.78, 5) is 14.3. The summed E-state index contributed by atoms with van der Waals surface area (Å²) in [5, 5.41) is 8.30. The lowest BCUT2D eigenvalue weighted by atomic mass is 9.92. The molecule has 3 aromatic rings. The Morgan fingerprint density at radius 1 is 1.12 bits per heavy atom. The molecule has 6 heteroatoms. The number of carbonyl (C=O) groups excluding carboxylic acids is 1. The van der Waals surface area contributed by atoms with Gasteiger partial charge >= 0.3 is 0 Å². The Bertz CT molecular complexity index is 948. The molecule has 1 aromatic carbocycles. The van der Waals surface area contributed by atoms with Crippen LogP contribution < -0.4 is 0 Å². The lowest BCUT2D eigenvalue weighted by Crippen LogP contribution is -2.17. The van der Waals surface area contributed by atoms with Gasteiger partial charge in [0, 0.05) is 38.0 Å². The molecule has 0 aliphatic carbocycles. The average Bonchev–Trinajstić information content (AvgIpc) is 3.19. The number of fused-ring (bicyclic) bond motifs is 1. The minimum Gasteiger partial charge on any atom is -0.361 e. The van der Waals surface area contributed by atoms with E-state index in [1.54, 1.807) is 15.8 Å². The highest BCUT2D eigenvalue weighted by atomic mass is 16.5. The molecule has 122 valence electrons. The van der Waals surface area contributed by atoms with E-state index < -0.39 is 0 Å². The highest BCUT2D eigenvalue weighted by molar-refractivity contribution is 6.05. The Balaban J connectivity index is 2.00. The molecule has 1 aliphatic heterocycles. The molecule has 0 spiro atoms. The van der Waals surface area contributed by atoms with Crippen LogP contribution in [-0.4, -0.2) is 32.8 Å². The van der Waals surface area contributed by atoms with Gasteiger partial charge in [-0.1, -0.05) is 5.16 Å². The molecule has 0 fully saturated rings. The van der Waals surface area contributed by atoms with Gasteiger partial charge in [-0.25, -0.2) is 0 Å². The van der Waals surface area contributed by atoms with Gasteiger partial charge in [0.05, 0.1) is 17.5 Å². The van der Waals surface area contributed by atoms with Gasteiger partial charge in [0.15, 0.2) is 0 Å². The van der Waals surface area contributed by atoms with Gasteiger partial charge in [0.25, 0.3) is 5.91 Å². The molecule has 0 N–H and O–H groups in total. The third-order valence-corrected chi connectivity index (χ3v) is 4.53. The summed E-state index contributed by atoms with van der Waals surface area (Å²) in [6.07, 6.45) is 3.72. The Morgan fingerprint density at radius 3 is 2.54 bits per heavy atom. The van der Waals surface area contributed by atoms with Crippen molar-refractivity contribution in [3.63, 3.8) is 0 Å². The maximum atomic E-state index is 12.6. The van der Waals surface area contributed by atoms with E-state index in [0.717, 1.165) is 44.8 Å². The van der Waals surface area contributed by atoms with E-state index in [1.807, 2.05) is 40.2 Å². The summed E-state index contributed by atoms with van der Waals surface area (Å²) < 4.78 is 7.06. The molecule has 1 amide bonds. The molecule has 1 aliphatic rings. The van der Waals surface area contributed by atoms with E-state index in [0.29, 0.717) is 6.54 Å². The van der Waals surface area contributed by atoms with Gasteiger partial charge in [0.1, 0.15) is 5.76 Å². The third-order valence-electron chi connectivity index (χ3n) is 4.53. The first-order chi connectivity index (χ1) is 11.5. The van der Waals surface area contributed by atoms with Crippen molar-refractivity contribution >= 4 is 5.91 Å². The predicted octanol–water partition coefficient (Wildman–Crippen LogP) is 2.94. The SMILES string of the molecule is Cc1noc(C)c1-c1cc2c(c(-c3cnn(C)c3)c1)C(=O)N(C)C2. The fraction of sp³-hybridized carbons (Fsp3) is 0.278. The predicted molar refractivity (Wildman–Crippen MR) is 89.4 cm³/mol. The molecular formula is C18H18N4O2. The third kappa shape index (κ3) is 2.06. The van der Waals surface area contributed by atoms with Crippen LogP contribution in [0.3, 0.4) is 0 Å². The number of hydrogen-bond acceptors (Lipinski definition) is 4. The lowest BCUT2D eigenvalue weighted by molar-refractivity contribution is 0.0817. The van der Waals surface area contributed by atoms with Crippen LogP contribution in [0.1, 0.15) is 27.4 Å². The number of hydrogen-bond donors (Lipinski definition) is 0. The van der Waals surface area contributed by atoms with E-state index in [1.165, 1.54) is 0 Å². The largest absolute Gasteiger partial charge is 0.361 e. The second kappa shape index (κ2) is 5.06. The quantitative estimate of drug-likeness (QED) is 0.727. The van der Waals surface area contributed by atoms with E-state index in [4.69, 9.17) is 4.52 Å². The number of nitrogens with zero attached hydrogens (tertiary/aromatic N) is 4. The molecule has 6 nitrogen and oxygen atoms in total. The first-order valence-electron chi connectivity index (χ1n) is 7.80. The molecule has 3 heterocycles. The normalized spacial score (nSPS) is 13.7. The molecule has 0 saturated carbocycles. The van der Waals surface area contributed by atoms with Crippen LogP contribution in [0.5, 0.6) is 0 Å². The lowest BCUT2D eigenvalue weighted by Gasteiger charge is -2.09. The molecule has 2 aromatic heterocycles.